The van der Waals surface area contributed by atoms with Crippen LogP contribution in [0, 0.1) is 0 Å². The molecule has 4 nitrogen and oxygen atoms in total. The minimum absolute atomic E-state index is 0.226. The largest absolute Gasteiger partial charge is 0.475 e. The summed E-state index contributed by atoms with van der Waals surface area (Å²) in [4.78, 5) is 0. The lowest BCUT2D eigenvalue weighted by Crippen LogP contribution is -2.01. The third-order valence-corrected chi connectivity index (χ3v) is 3.79. The van der Waals surface area contributed by atoms with Crippen LogP contribution in [0.3, 0.4) is 0 Å². The van der Waals surface area contributed by atoms with Crippen LogP contribution in [0.1, 0.15) is 32.3 Å². The van der Waals surface area contributed by atoms with E-state index in [1.807, 2.05) is 37.3 Å². The Morgan fingerprint density at radius 2 is 1.78 bits per heavy atom. The first-order valence-corrected chi connectivity index (χ1v) is 7.74. The van der Waals surface area contributed by atoms with Crippen LogP contribution in [0.2, 0.25) is 0 Å². The second-order valence-electron chi connectivity index (χ2n) is 3.81. The highest BCUT2D eigenvalue weighted by Crippen LogP contribution is 2.50. The molecule has 0 spiro atoms. The first kappa shape index (κ1) is 15.4. The van der Waals surface area contributed by atoms with Gasteiger partial charge in [0.1, 0.15) is 0 Å². The van der Waals surface area contributed by atoms with Crippen molar-refractivity contribution in [2.45, 2.75) is 33.3 Å². The second kappa shape index (κ2) is 8.44. The van der Waals surface area contributed by atoms with E-state index in [0.29, 0.717) is 13.2 Å². The second-order valence-corrected chi connectivity index (χ2v) is 5.48. The fourth-order valence-corrected chi connectivity index (χ4v) is 2.52. The van der Waals surface area contributed by atoms with Gasteiger partial charge in [-0.1, -0.05) is 43.7 Å². The van der Waals surface area contributed by atoms with Crippen LogP contribution in [-0.2, 0) is 24.7 Å². The normalized spacial score (nSPS) is 14.3. The molecule has 102 valence electrons. The summed E-state index contributed by atoms with van der Waals surface area (Å²) in [7, 11) is -3.41. The Bertz CT molecular complexity index is 367. The van der Waals surface area contributed by atoms with Crippen molar-refractivity contribution in [2.75, 3.05) is 13.2 Å². The molecule has 0 aliphatic heterocycles. The van der Waals surface area contributed by atoms with Gasteiger partial charge in [0.2, 0.25) is 0 Å². The predicted octanol–water partition coefficient (Wildman–Crippen LogP) is 4.16. The number of phosphoric ester groups is 1. The van der Waals surface area contributed by atoms with Crippen LogP contribution in [0.25, 0.3) is 0 Å². The molecule has 0 fully saturated rings. The average molecular weight is 272 g/mol. The van der Waals surface area contributed by atoms with Gasteiger partial charge in [0.25, 0.3) is 0 Å². The van der Waals surface area contributed by atoms with E-state index >= 15 is 0 Å². The van der Waals surface area contributed by atoms with Crippen LogP contribution < -0.4 is 0 Å². The van der Waals surface area contributed by atoms with E-state index in [4.69, 9.17) is 13.6 Å². The van der Waals surface area contributed by atoms with Crippen LogP contribution in [0.5, 0.6) is 0 Å². The highest BCUT2D eigenvalue weighted by molar-refractivity contribution is 7.48. The summed E-state index contributed by atoms with van der Waals surface area (Å²) >= 11 is 0. The highest BCUT2D eigenvalue weighted by atomic mass is 31.2. The Morgan fingerprint density at radius 3 is 2.39 bits per heavy atom. The summed E-state index contributed by atoms with van der Waals surface area (Å²) in [6, 6.07) is 9.54. The van der Waals surface area contributed by atoms with E-state index in [0.717, 1.165) is 18.4 Å². The maximum atomic E-state index is 12.2. The molecule has 18 heavy (non-hydrogen) atoms. The molecule has 1 aromatic carbocycles. The summed E-state index contributed by atoms with van der Waals surface area (Å²) < 4.78 is 27.9. The molecule has 0 saturated carbocycles. The molecule has 0 amide bonds. The van der Waals surface area contributed by atoms with Gasteiger partial charge in [-0.2, -0.15) is 0 Å². The van der Waals surface area contributed by atoms with Crippen molar-refractivity contribution >= 4 is 7.82 Å². The Hall–Kier alpha value is -0.670. The molecule has 0 aromatic heterocycles. The van der Waals surface area contributed by atoms with E-state index < -0.39 is 7.82 Å². The van der Waals surface area contributed by atoms with Gasteiger partial charge in [0, 0.05) is 0 Å². The molecule has 1 atom stereocenters. The lowest BCUT2D eigenvalue weighted by Gasteiger charge is -2.17. The quantitative estimate of drug-likeness (QED) is 0.500. The number of hydrogen-bond donors (Lipinski definition) is 0. The zero-order chi connectivity index (χ0) is 13.3. The molecule has 5 heteroatoms. The molecule has 1 unspecified atom stereocenters. The lowest BCUT2D eigenvalue weighted by molar-refractivity contribution is 0.111. The molecular weight excluding hydrogens is 251 g/mol. The van der Waals surface area contributed by atoms with Gasteiger partial charge in [-0.25, -0.2) is 4.57 Å². The van der Waals surface area contributed by atoms with Crippen molar-refractivity contribution in [1.82, 2.24) is 0 Å². The number of benzene rings is 1. The van der Waals surface area contributed by atoms with Gasteiger partial charge in [0.05, 0.1) is 19.8 Å². The first-order chi connectivity index (χ1) is 8.70. The Labute approximate surface area is 109 Å². The molecule has 0 heterocycles. The molecule has 0 saturated heterocycles. The van der Waals surface area contributed by atoms with Gasteiger partial charge in [0.15, 0.2) is 0 Å². The van der Waals surface area contributed by atoms with Crippen LogP contribution in [0.4, 0.5) is 0 Å². The van der Waals surface area contributed by atoms with Gasteiger partial charge in [-0.3, -0.25) is 13.6 Å². The molecule has 1 rings (SSSR count). The molecule has 0 aliphatic carbocycles. The molecule has 0 aliphatic rings. The van der Waals surface area contributed by atoms with E-state index in [-0.39, 0.29) is 6.61 Å². The van der Waals surface area contributed by atoms with E-state index in [2.05, 4.69) is 0 Å². The Kier molecular flexibility index (Phi) is 7.21. The maximum absolute atomic E-state index is 12.2. The molecule has 1 aromatic rings. The van der Waals surface area contributed by atoms with Crippen molar-refractivity contribution in [3.05, 3.63) is 35.9 Å². The van der Waals surface area contributed by atoms with Gasteiger partial charge in [-0.15, -0.1) is 0 Å². The van der Waals surface area contributed by atoms with Crippen LogP contribution in [-0.4, -0.2) is 13.2 Å². The molecule has 0 N–H and O–H groups in total. The topological polar surface area (TPSA) is 44.8 Å². The fourth-order valence-electron chi connectivity index (χ4n) is 1.32. The van der Waals surface area contributed by atoms with E-state index in [9.17, 15) is 4.57 Å². The van der Waals surface area contributed by atoms with Crippen LogP contribution in [0.15, 0.2) is 30.3 Å². The predicted molar refractivity (Wildman–Crippen MR) is 71.3 cm³/mol. The first-order valence-electron chi connectivity index (χ1n) is 6.27. The Morgan fingerprint density at radius 1 is 1.06 bits per heavy atom. The highest BCUT2D eigenvalue weighted by Gasteiger charge is 2.25. The third-order valence-electron chi connectivity index (χ3n) is 2.27. The van der Waals surface area contributed by atoms with Gasteiger partial charge < -0.3 is 0 Å². The van der Waals surface area contributed by atoms with Crippen LogP contribution >= 0.6 is 7.82 Å². The summed E-state index contributed by atoms with van der Waals surface area (Å²) in [6.07, 6.45) is 1.82. The van der Waals surface area contributed by atoms with Crippen molar-refractivity contribution in [3.63, 3.8) is 0 Å². The summed E-state index contributed by atoms with van der Waals surface area (Å²) in [5, 5.41) is 0. The fraction of sp³-hybridized carbons (Fsp3) is 0.538. The average Bonchev–Trinajstić information content (AvgIpc) is 2.39. The number of rotatable bonds is 9. The summed E-state index contributed by atoms with van der Waals surface area (Å²) in [6.45, 7) is 4.73. The molecule has 0 bridgehead atoms. The maximum Gasteiger partial charge on any atom is 0.475 e. The summed E-state index contributed by atoms with van der Waals surface area (Å²) in [5.41, 5.74) is 0.941. The van der Waals surface area contributed by atoms with Gasteiger partial charge >= 0.3 is 7.82 Å². The van der Waals surface area contributed by atoms with E-state index in [1.54, 1.807) is 6.92 Å². The van der Waals surface area contributed by atoms with E-state index in [1.165, 1.54) is 0 Å². The van der Waals surface area contributed by atoms with Crippen molar-refractivity contribution in [3.8, 4) is 0 Å². The number of unbranched alkanes of at least 4 members (excludes halogenated alkanes) is 1. The smallest absolute Gasteiger partial charge is 0.287 e. The van der Waals surface area contributed by atoms with Gasteiger partial charge in [-0.05, 0) is 18.9 Å². The van der Waals surface area contributed by atoms with Crippen molar-refractivity contribution in [1.29, 1.82) is 0 Å². The number of phosphoric acid groups is 1. The zero-order valence-corrected chi connectivity index (χ0v) is 11.9. The molecule has 0 radical (unpaired) electrons. The molecular formula is C13H21O4P. The SMILES string of the molecule is CCCCOP(=O)(OCC)OCc1ccccc1. The minimum atomic E-state index is -3.41. The third kappa shape index (κ3) is 5.78. The standard InChI is InChI=1S/C13H21O4P/c1-3-5-11-16-18(14,15-4-2)17-12-13-9-7-6-8-10-13/h6-10H,3-5,11-12H2,1-2H3. The number of hydrogen-bond acceptors (Lipinski definition) is 4. The minimum Gasteiger partial charge on any atom is -0.287 e. The van der Waals surface area contributed by atoms with Crippen molar-refractivity contribution in [2.24, 2.45) is 0 Å². The van der Waals surface area contributed by atoms with Crippen molar-refractivity contribution < 1.29 is 18.1 Å². The zero-order valence-electron chi connectivity index (χ0n) is 11.0. The lowest BCUT2D eigenvalue weighted by atomic mass is 10.2. The Balaban J connectivity index is 2.48. The monoisotopic (exact) mass is 272 g/mol. The summed E-state index contributed by atoms with van der Waals surface area (Å²) in [5.74, 6) is 0.